The van der Waals surface area contributed by atoms with Gasteiger partial charge in [0, 0.05) is 33.3 Å². The van der Waals surface area contributed by atoms with Crippen LogP contribution >= 0.6 is 24.0 Å². The Bertz CT molecular complexity index is 587. The zero-order valence-corrected chi connectivity index (χ0v) is 21.5. The summed E-state index contributed by atoms with van der Waals surface area (Å²) < 4.78 is 10.9. The van der Waals surface area contributed by atoms with Gasteiger partial charge in [0.1, 0.15) is 5.75 Å². The van der Waals surface area contributed by atoms with E-state index in [2.05, 4.69) is 46.5 Å². The van der Waals surface area contributed by atoms with E-state index in [4.69, 9.17) is 9.47 Å². The molecule has 0 unspecified atom stereocenters. The van der Waals surface area contributed by atoms with Crippen LogP contribution in [0.2, 0.25) is 0 Å². The molecule has 1 aliphatic heterocycles. The number of methoxy groups -OCH3 is 1. The van der Waals surface area contributed by atoms with E-state index in [1.807, 2.05) is 19.2 Å². The van der Waals surface area contributed by atoms with Gasteiger partial charge in [0.2, 0.25) is 0 Å². The lowest BCUT2D eigenvalue weighted by Crippen LogP contribution is -2.43. The summed E-state index contributed by atoms with van der Waals surface area (Å²) in [5.74, 6) is 3.18. The number of nitrogens with one attached hydrogen (secondary N) is 2. The summed E-state index contributed by atoms with van der Waals surface area (Å²) in [5, 5.41) is 6.82. The number of piperidine rings is 1. The monoisotopic (exact) mass is 532 g/mol. The lowest BCUT2D eigenvalue weighted by Gasteiger charge is -2.32. The molecule has 0 amide bonds. The molecule has 7 heteroatoms. The minimum atomic E-state index is 0. The fourth-order valence-corrected chi connectivity index (χ4v) is 3.46. The molecule has 0 aromatic heterocycles. The summed E-state index contributed by atoms with van der Waals surface area (Å²) in [4.78, 5) is 6.86. The average Bonchev–Trinajstić information content (AvgIpc) is 2.74. The van der Waals surface area contributed by atoms with Crippen molar-refractivity contribution in [1.82, 2.24) is 15.5 Å². The summed E-state index contributed by atoms with van der Waals surface area (Å²) in [6, 6.07) is 8.41. The van der Waals surface area contributed by atoms with Crippen molar-refractivity contribution in [2.75, 3.05) is 53.6 Å². The maximum absolute atomic E-state index is 5.65. The van der Waals surface area contributed by atoms with Crippen LogP contribution in [0.25, 0.3) is 0 Å². The molecule has 2 rings (SSSR count). The molecule has 1 aliphatic rings. The van der Waals surface area contributed by atoms with E-state index in [1.54, 1.807) is 7.11 Å². The van der Waals surface area contributed by atoms with Gasteiger partial charge in [-0.2, -0.15) is 0 Å². The number of guanidine groups is 1. The number of likely N-dealkylation sites (tertiary alicyclic amines) is 1. The molecular formula is C23H41IN4O2. The highest BCUT2D eigenvalue weighted by Gasteiger charge is 2.19. The summed E-state index contributed by atoms with van der Waals surface area (Å²) in [6.07, 6.45) is 3.56. The second-order valence-electron chi connectivity index (χ2n) is 8.24. The van der Waals surface area contributed by atoms with Gasteiger partial charge in [-0.25, -0.2) is 0 Å². The second-order valence-corrected chi connectivity index (χ2v) is 8.24. The van der Waals surface area contributed by atoms with Crippen LogP contribution in [0.4, 0.5) is 0 Å². The molecule has 30 heavy (non-hydrogen) atoms. The molecule has 1 aromatic carbocycles. The van der Waals surface area contributed by atoms with Gasteiger partial charge in [0.05, 0.1) is 13.7 Å². The Kier molecular flexibility index (Phi) is 14.1. The molecule has 1 aromatic rings. The average molecular weight is 533 g/mol. The van der Waals surface area contributed by atoms with E-state index in [0.717, 1.165) is 64.1 Å². The van der Waals surface area contributed by atoms with E-state index in [-0.39, 0.29) is 24.0 Å². The van der Waals surface area contributed by atoms with Crippen molar-refractivity contribution in [3.05, 3.63) is 29.8 Å². The Hall–Kier alpha value is -1.06. The molecule has 0 spiro atoms. The lowest BCUT2D eigenvalue weighted by atomic mass is 9.96. The standard InChI is InChI=1S/C23H40N4O2.HI/c1-19(2)11-15-29-16-12-25-23(24-3)26-17-20-9-13-27(14-10-20)18-21-5-7-22(28-4)8-6-21;/h5-8,19-20H,9-18H2,1-4H3,(H2,24,25,26);1H. The fraction of sp³-hybridized carbons (Fsp3) is 0.696. The first-order chi connectivity index (χ1) is 14.1. The van der Waals surface area contributed by atoms with Crippen LogP contribution in [0.1, 0.15) is 38.7 Å². The van der Waals surface area contributed by atoms with Gasteiger partial charge in [0.15, 0.2) is 5.96 Å². The largest absolute Gasteiger partial charge is 0.497 e. The molecule has 172 valence electrons. The van der Waals surface area contributed by atoms with Gasteiger partial charge in [-0.15, -0.1) is 24.0 Å². The molecule has 0 saturated carbocycles. The number of ether oxygens (including phenoxy) is 2. The van der Waals surface area contributed by atoms with E-state index in [9.17, 15) is 0 Å². The Morgan fingerprint density at radius 1 is 1.13 bits per heavy atom. The van der Waals surface area contributed by atoms with Crippen LogP contribution in [-0.2, 0) is 11.3 Å². The molecule has 0 atom stereocenters. The lowest BCUT2D eigenvalue weighted by molar-refractivity contribution is 0.128. The first-order valence-electron chi connectivity index (χ1n) is 11.0. The fourth-order valence-electron chi connectivity index (χ4n) is 3.46. The maximum Gasteiger partial charge on any atom is 0.191 e. The second kappa shape index (κ2) is 15.7. The SMILES string of the molecule is CN=C(NCCOCCC(C)C)NCC1CCN(Cc2ccc(OC)cc2)CC1.I. The minimum Gasteiger partial charge on any atom is -0.497 e. The van der Waals surface area contributed by atoms with Crippen molar-refractivity contribution in [2.45, 2.75) is 39.7 Å². The van der Waals surface area contributed by atoms with Crippen molar-refractivity contribution in [3.63, 3.8) is 0 Å². The van der Waals surface area contributed by atoms with E-state index >= 15 is 0 Å². The molecule has 0 radical (unpaired) electrons. The Morgan fingerprint density at radius 3 is 2.43 bits per heavy atom. The van der Waals surface area contributed by atoms with Crippen molar-refractivity contribution in [1.29, 1.82) is 0 Å². The topological polar surface area (TPSA) is 58.1 Å². The Morgan fingerprint density at radius 2 is 1.83 bits per heavy atom. The molecular weight excluding hydrogens is 491 g/mol. The molecule has 2 N–H and O–H groups in total. The van der Waals surface area contributed by atoms with Gasteiger partial charge in [-0.3, -0.25) is 9.89 Å². The summed E-state index contributed by atoms with van der Waals surface area (Å²) in [6.45, 7) is 11.1. The van der Waals surface area contributed by atoms with Crippen molar-refractivity contribution in [3.8, 4) is 5.75 Å². The third kappa shape index (κ3) is 10.8. The van der Waals surface area contributed by atoms with Crippen LogP contribution in [0.5, 0.6) is 5.75 Å². The number of halogens is 1. The van der Waals surface area contributed by atoms with Crippen molar-refractivity contribution in [2.24, 2.45) is 16.8 Å². The maximum atomic E-state index is 5.65. The van der Waals surface area contributed by atoms with Gasteiger partial charge in [-0.1, -0.05) is 26.0 Å². The molecule has 0 bridgehead atoms. The van der Waals surface area contributed by atoms with Crippen LogP contribution in [0.15, 0.2) is 29.3 Å². The Labute approximate surface area is 200 Å². The van der Waals surface area contributed by atoms with E-state index < -0.39 is 0 Å². The first-order valence-corrected chi connectivity index (χ1v) is 11.0. The Balaban J connectivity index is 0.00000450. The molecule has 1 fully saturated rings. The molecule has 1 heterocycles. The van der Waals surface area contributed by atoms with Crippen molar-refractivity contribution >= 4 is 29.9 Å². The first kappa shape index (κ1) is 27.0. The number of hydrogen-bond donors (Lipinski definition) is 2. The zero-order chi connectivity index (χ0) is 20.9. The number of nitrogens with zero attached hydrogens (tertiary/aromatic N) is 2. The van der Waals surface area contributed by atoms with E-state index in [1.165, 1.54) is 18.4 Å². The van der Waals surface area contributed by atoms with Crippen LogP contribution in [0.3, 0.4) is 0 Å². The van der Waals surface area contributed by atoms with Gasteiger partial charge < -0.3 is 20.1 Å². The summed E-state index contributed by atoms with van der Waals surface area (Å²) in [7, 11) is 3.53. The van der Waals surface area contributed by atoms with E-state index in [0.29, 0.717) is 11.8 Å². The number of aliphatic imine (C=N–C) groups is 1. The van der Waals surface area contributed by atoms with Gasteiger partial charge in [0.25, 0.3) is 0 Å². The van der Waals surface area contributed by atoms with Crippen molar-refractivity contribution < 1.29 is 9.47 Å². The van der Waals surface area contributed by atoms with Crippen LogP contribution in [0, 0.1) is 11.8 Å². The van der Waals surface area contributed by atoms with Crippen LogP contribution in [-0.4, -0.2) is 64.4 Å². The zero-order valence-electron chi connectivity index (χ0n) is 19.2. The summed E-state index contributed by atoms with van der Waals surface area (Å²) >= 11 is 0. The highest BCUT2D eigenvalue weighted by Crippen LogP contribution is 2.19. The quantitative estimate of drug-likeness (QED) is 0.197. The minimum absolute atomic E-state index is 0. The van der Waals surface area contributed by atoms with Crippen LogP contribution < -0.4 is 15.4 Å². The number of benzene rings is 1. The van der Waals surface area contributed by atoms with Gasteiger partial charge >= 0.3 is 0 Å². The number of hydrogen-bond acceptors (Lipinski definition) is 4. The molecule has 1 saturated heterocycles. The molecule has 0 aliphatic carbocycles. The predicted molar refractivity (Wildman–Crippen MR) is 136 cm³/mol. The summed E-state index contributed by atoms with van der Waals surface area (Å²) in [5.41, 5.74) is 1.35. The third-order valence-electron chi connectivity index (χ3n) is 5.43. The molecule has 6 nitrogen and oxygen atoms in total. The predicted octanol–water partition coefficient (Wildman–Crippen LogP) is 3.75. The smallest absolute Gasteiger partial charge is 0.191 e. The highest BCUT2D eigenvalue weighted by atomic mass is 127. The van der Waals surface area contributed by atoms with Gasteiger partial charge in [-0.05, 0) is 61.9 Å². The normalized spacial score (nSPS) is 15.7. The number of rotatable bonds is 11. The third-order valence-corrected chi connectivity index (χ3v) is 5.43. The highest BCUT2D eigenvalue weighted by molar-refractivity contribution is 14.0.